The van der Waals surface area contributed by atoms with E-state index in [9.17, 15) is 33.3 Å². The Kier molecular flexibility index (Phi) is 8.42. The number of benzene rings is 5. The number of sulfonamides is 1. The number of rotatable bonds is 9. The quantitative estimate of drug-likeness (QED) is 0.136. The number of hydrogen-bond acceptors (Lipinski definition) is 6. The van der Waals surface area contributed by atoms with Gasteiger partial charge in [0, 0.05) is 37.0 Å². The van der Waals surface area contributed by atoms with Gasteiger partial charge in [-0.2, -0.15) is 0 Å². The summed E-state index contributed by atoms with van der Waals surface area (Å²) < 4.78 is 35.0. The molecule has 0 aliphatic heterocycles. The largest absolute Gasteiger partial charge is 0.507 e. The van der Waals surface area contributed by atoms with E-state index >= 15 is 0 Å². The Morgan fingerprint density at radius 3 is 2.09 bits per heavy atom. The number of nitrogens with one attached hydrogen (secondary N) is 1. The first kappa shape index (κ1) is 31.0. The molecule has 0 fully saturated rings. The Labute approximate surface area is 259 Å². The Morgan fingerprint density at radius 2 is 1.47 bits per heavy atom. The first-order valence-electron chi connectivity index (χ1n) is 13.8. The van der Waals surface area contributed by atoms with Crippen molar-refractivity contribution in [2.45, 2.75) is 10.9 Å². The van der Waals surface area contributed by atoms with E-state index < -0.39 is 28.3 Å². The highest BCUT2D eigenvalue weighted by molar-refractivity contribution is 7.92. The lowest BCUT2D eigenvalue weighted by atomic mass is 9.87. The molecule has 0 aromatic heterocycles. The maximum absolute atomic E-state index is 13.6. The molecule has 5 rings (SSSR count). The average molecular weight is 630 g/mol. The number of phenols is 1. The zero-order chi connectivity index (χ0) is 32.5. The second-order valence-electron chi connectivity index (χ2n) is 10.5. The van der Waals surface area contributed by atoms with Crippen LogP contribution in [0.2, 0.25) is 0 Å². The van der Waals surface area contributed by atoms with Crippen LogP contribution in [0.1, 0.15) is 11.6 Å². The smallest absolute Gasteiger partial charge is 0.407 e. The van der Waals surface area contributed by atoms with Gasteiger partial charge in [0.1, 0.15) is 11.5 Å². The number of phenolic OH excluding ortho intramolecular Hbond substituents is 1. The van der Waals surface area contributed by atoms with Crippen molar-refractivity contribution in [2.24, 2.45) is 0 Å². The lowest BCUT2D eigenvalue weighted by Crippen LogP contribution is -2.39. The van der Waals surface area contributed by atoms with E-state index in [0.717, 1.165) is 15.2 Å². The van der Waals surface area contributed by atoms with Gasteiger partial charge in [-0.15, -0.1) is 0 Å². The summed E-state index contributed by atoms with van der Waals surface area (Å²) in [6, 6.07) is 24.0. The summed E-state index contributed by atoms with van der Waals surface area (Å²) in [6.07, 6.45) is -2.53. The summed E-state index contributed by atoms with van der Waals surface area (Å²) >= 11 is 0. The van der Waals surface area contributed by atoms with Crippen LogP contribution in [0, 0.1) is 0 Å². The summed E-state index contributed by atoms with van der Waals surface area (Å²) in [5.74, 6) is 0.336. The highest BCUT2D eigenvalue weighted by atomic mass is 32.2. The number of carbonyl (C=O) groups is 2. The minimum Gasteiger partial charge on any atom is -0.507 e. The second kappa shape index (κ2) is 12.2. The number of carboxylic acid groups (broad SMARTS) is 2. The molecule has 2 amide bonds. The number of anilines is 1. The van der Waals surface area contributed by atoms with E-state index in [-0.39, 0.29) is 28.4 Å². The van der Waals surface area contributed by atoms with Crippen molar-refractivity contribution in [3.63, 3.8) is 0 Å². The minimum absolute atomic E-state index is 0.00675. The zero-order valence-electron chi connectivity index (χ0n) is 24.6. The molecule has 12 heteroatoms. The van der Waals surface area contributed by atoms with E-state index in [2.05, 4.69) is 4.72 Å². The Balaban J connectivity index is 1.79. The molecule has 5 aromatic rings. The monoisotopic (exact) mass is 629 g/mol. The van der Waals surface area contributed by atoms with Gasteiger partial charge < -0.3 is 29.9 Å². The number of ether oxygens (including phenoxy) is 1. The van der Waals surface area contributed by atoms with Gasteiger partial charge in [-0.3, -0.25) is 4.72 Å². The van der Waals surface area contributed by atoms with Crippen molar-refractivity contribution in [1.29, 1.82) is 0 Å². The van der Waals surface area contributed by atoms with E-state index in [1.165, 1.54) is 51.5 Å². The van der Waals surface area contributed by atoms with Gasteiger partial charge in [0.2, 0.25) is 0 Å². The van der Waals surface area contributed by atoms with Crippen molar-refractivity contribution in [2.75, 3.05) is 32.5 Å². The van der Waals surface area contributed by atoms with Gasteiger partial charge in [0.15, 0.2) is 0 Å². The van der Waals surface area contributed by atoms with Crippen LogP contribution in [-0.4, -0.2) is 73.5 Å². The Hall–Kier alpha value is -5.49. The van der Waals surface area contributed by atoms with Crippen LogP contribution in [0.3, 0.4) is 0 Å². The van der Waals surface area contributed by atoms with Crippen molar-refractivity contribution in [1.82, 2.24) is 9.80 Å². The molecule has 4 N–H and O–H groups in total. The van der Waals surface area contributed by atoms with Crippen molar-refractivity contribution < 1.29 is 38.1 Å². The van der Waals surface area contributed by atoms with Crippen LogP contribution in [0.5, 0.6) is 11.5 Å². The van der Waals surface area contributed by atoms with E-state index in [1.807, 2.05) is 18.2 Å². The molecule has 0 heterocycles. The third-order valence-corrected chi connectivity index (χ3v) is 9.14. The van der Waals surface area contributed by atoms with Crippen LogP contribution >= 0.6 is 0 Å². The number of nitrogens with zero attached hydrogens (tertiary/aromatic N) is 2. The van der Waals surface area contributed by atoms with E-state index in [1.54, 1.807) is 42.5 Å². The number of fused-ring (bicyclic) bond motifs is 2. The molecular formula is C33H31N3O8S. The van der Waals surface area contributed by atoms with Crippen molar-refractivity contribution in [3.05, 3.63) is 96.6 Å². The predicted molar refractivity (Wildman–Crippen MR) is 172 cm³/mol. The number of amides is 2. The first-order valence-corrected chi connectivity index (χ1v) is 15.2. The fourth-order valence-corrected chi connectivity index (χ4v) is 6.43. The van der Waals surface area contributed by atoms with Crippen molar-refractivity contribution >= 4 is 49.4 Å². The highest BCUT2D eigenvalue weighted by Gasteiger charge is 2.30. The molecule has 1 atom stereocenters. The molecule has 232 valence electrons. The number of likely N-dealkylation sites (N-methyl/N-ethyl adjacent to an activating group) is 2. The third kappa shape index (κ3) is 6.00. The Bertz CT molecular complexity index is 2030. The van der Waals surface area contributed by atoms with Crippen LogP contribution in [0.25, 0.3) is 32.7 Å². The molecule has 0 radical (unpaired) electrons. The number of aromatic hydroxyl groups is 1. The SMILES string of the molecule is COc1ccc(S(=O)(=O)Nc2cc(-c3c(C(CN(C)C(=O)O)N(C)C(=O)O)ccc4ccccc34)c(O)c3ccccc23)cc1. The molecule has 11 nitrogen and oxygen atoms in total. The van der Waals surface area contributed by atoms with Crippen LogP contribution < -0.4 is 9.46 Å². The lowest BCUT2D eigenvalue weighted by molar-refractivity contribution is 0.116. The average Bonchev–Trinajstić information content (AvgIpc) is 3.04. The summed E-state index contributed by atoms with van der Waals surface area (Å²) in [7, 11) is 0.0545. The standard InChI is InChI=1S/C33H31N3O8S/c1-35(32(38)39)19-29(36(2)33(40)41)26-17-12-20-8-4-5-9-23(20)30(26)27-18-28(24-10-6-7-11-25(24)31(27)37)34-45(42,43)22-15-13-21(44-3)14-16-22/h4-18,29,34,37H,19H2,1-3H3,(H,38,39)(H,40,41). The second-order valence-corrected chi connectivity index (χ2v) is 12.2. The minimum atomic E-state index is -4.11. The molecule has 0 aliphatic rings. The summed E-state index contributed by atoms with van der Waals surface area (Å²) in [5, 5.41) is 33.6. The van der Waals surface area contributed by atoms with Gasteiger partial charge in [0.05, 0.1) is 23.7 Å². The van der Waals surface area contributed by atoms with Gasteiger partial charge in [-0.05, 0) is 52.2 Å². The van der Waals surface area contributed by atoms with Gasteiger partial charge in [-0.1, -0.05) is 60.7 Å². The van der Waals surface area contributed by atoms with E-state index in [4.69, 9.17) is 4.74 Å². The summed E-state index contributed by atoms with van der Waals surface area (Å²) in [6.45, 7) is -0.214. The fraction of sp³-hybridized carbons (Fsp3) is 0.152. The molecule has 45 heavy (non-hydrogen) atoms. The predicted octanol–water partition coefficient (Wildman–Crippen LogP) is 6.44. The molecule has 0 saturated carbocycles. The first-order chi connectivity index (χ1) is 21.4. The molecular weight excluding hydrogens is 598 g/mol. The molecule has 0 saturated heterocycles. The number of hydrogen-bond donors (Lipinski definition) is 4. The highest BCUT2D eigenvalue weighted by Crippen LogP contribution is 2.46. The van der Waals surface area contributed by atoms with Gasteiger partial charge in [0.25, 0.3) is 10.0 Å². The van der Waals surface area contributed by atoms with Gasteiger partial charge >= 0.3 is 12.2 Å². The van der Waals surface area contributed by atoms with E-state index in [0.29, 0.717) is 33.0 Å². The normalized spacial score (nSPS) is 12.1. The zero-order valence-corrected chi connectivity index (χ0v) is 25.4. The molecule has 1 unspecified atom stereocenters. The fourth-order valence-electron chi connectivity index (χ4n) is 5.36. The topological polar surface area (TPSA) is 157 Å². The van der Waals surface area contributed by atoms with Crippen LogP contribution in [-0.2, 0) is 10.0 Å². The Morgan fingerprint density at radius 1 is 0.844 bits per heavy atom. The lowest BCUT2D eigenvalue weighted by Gasteiger charge is -2.31. The molecule has 0 spiro atoms. The molecule has 0 aliphatic carbocycles. The summed E-state index contributed by atoms with van der Waals surface area (Å²) in [4.78, 5) is 26.0. The third-order valence-electron chi connectivity index (χ3n) is 7.76. The maximum Gasteiger partial charge on any atom is 0.407 e. The van der Waals surface area contributed by atoms with Crippen LogP contribution in [0.4, 0.5) is 15.3 Å². The molecule has 5 aromatic carbocycles. The summed E-state index contributed by atoms with van der Waals surface area (Å²) in [5.41, 5.74) is 1.26. The van der Waals surface area contributed by atoms with Gasteiger partial charge in [-0.25, -0.2) is 18.0 Å². The maximum atomic E-state index is 13.6. The molecule has 0 bridgehead atoms. The van der Waals surface area contributed by atoms with Crippen LogP contribution in [0.15, 0.2) is 95.9 Å². The number of methoxy groups -OCH3 is 1. The van der Waals surface area contributed by atoms with Crippen molar-refractivity contribution in [3.8, 4) is 22.6 Å².